The van der Waals surface area contributed by atoms with E-state index in [1.165, 1.54) is 0 Å². The Morgan fingerprint density at radius 3 is 2.16 bits per heavy atom. The number of rotatable bonds is 4. The summed E-state index contributed by atoms with van der Waals surface area (Å²) >= 11 is 0. The molecule has 0 radical (unpaired) electrons. The van der Waals surface area contributed by atoms with Crippen molar-refractivity contribution in [3.8, 4) is 0 Å². The summed E-state index contributed by atoms with van der Waals surface area (Å²) in [7, 11) is 0. The fourth-order valence-corrected chi connectivity index (χ4v) is 3.02. The number of nitrogens with two attached hydrogens (primary N) is 1. The van der Waals surface area contributed by atoms with E-state index in [4.69, 9.17) is 5.73 Å². The quantitative estimate of drug-likeness (QED) is 0.881. The van der Waals surface area contributed by atoms with Gasteiger partial charge in [-0.25, -0.2) is 0 Å². The van der Waals surface area contributed by atoms with Crippen LogP contribution in [0.1, 0.15) is 61.3 Å². The number of hydrogen-bond acceptors (Lipinski definition) is 3. The van der Waals surface area contributed by atoms with Gasteiger partial charge in [0.05, 0.1) is 0 Å². The lowest BCUT2D eigenvalue weighted by Crippen LogP contribution is -2.42. The maximum Gasteiger partial charge on any atom is 0.253 e. The Bertz CT molecular complexity index is 594. The highest BCUT2D eigenvalue weighted by Crippen LogP contribution is 2.21. The number of nitrogens with zero attached hydrogens (tertiary/aromatic N) is 1. The first kappa shape index (κ1) is 19.4. The maximum absolute atomic E-state index is 12.6. The molecule has 1 atom stereocenters. The van der Waals surface area contributed by atoms with Crippen molar-refractivity contribution < 1.29 is 9.59 Å². The van der Waals surface area contributed by atoms with Crippen LogP contribution < -0.4 is 11.1 Å². The molecule has 0 aromatic heterocycles. The highest BCUT2D eigenvalue weighted by atomic mass is 16.2. The zero-order valence-electron chi connectivity index (χ0n) is 15.8. The van der Waals surface area contributed by atoms with E-state index in [1.54, 1.807) is 24.3 Å². The summed E-state index contributed by atoms with van der Waals surface area (Å²) in [6.07, 6.45) is 1.91. The van der Waals surface area contributed by atoms with Gasteiger partial charge in [0.2, 0.25) is 0 Å². The summed E-state index contributed by atoms with van der Waals surface area (Å²) in [6.45, 7) is 10.4. The summed E-state index contributed by atoms with van der Waals surface area (Å²) < 4.78 is 0. The maximum atomic E-state index is 12.6. The van der Waals surface area contributed by atoms with Crippen LogP contribution in [0, 0.1) is 11.3 Å². The summed E-state index contributed by atoms with van der Waals surface area (Å²) in [5, 5.41) is 2.92. The van der Waals surface area contributed by atoms with E-state index in [-0.39, 0.29) is 23.3 Å². The standard InChI is InChI=1S/C20H31N3O2/c1-14(21)15-9-11-23(12-10-15)19(25)17-7-5-16(6-8-17)18(24)22-13-20(2,3)4/h5-8,14-15H,9-13,21H2,1-4H3,(H,22,24). The van der Waals surface area contributed by atoms with Crippen LogP contribution in [0.4, 0.5) is 0 Å². The molecule has 5 heteroatoms. The molecule has 5 nitrogen and oxygen atoms in total. The lowest BCUT2D eigenvalue weighted by molar-refractivity contribution is 0.0680. The van der Waals surface area contributed by atoms with E-state index >= 15 is 0 Å². The molecule has 3 N–H and O–H groups in total. The van der Waals surface area contributed by atoms with Gasteiger partial charge in [0.1, 0.15) is 0 Å². The molecule has 0 aliphatic carbocycles. The second kappa shape index (κ2) is 8.00. The van der Waals surface area contributed by atoms with Gasteiger partial charge in [-0.05, 0) is 55.4 Å². The number of amides is 2. The van der Waals surface area contributed by atoms with Gasteiger partial charge in [0.15, 0.2) is 0 Å². The van der Waals surface area contributed by atoms with Crippen molar-refractivity contribution in [2.24, 2.45) is 17.1 Å². The minimum absolute atomic E-state index is 0.0322. The molecular weight excluding hydrogens is 314 g/mol. The van der Waals surface area contributed by atoms with E-state index in [0.29, 0.717) is 23.6 Å². The molecule has 2 rings (SSSR count). The number of benzene rings is 1. The number of nitrogens with one attached hydrogen (secondary N) is 1. The average molecular weight is 345 g/mol. The van der Waals surface area contributed by atoms with Gasteiger partial charge in [-0.3, -0.25) is 9.59 Å². The summed E-state index contributed by atoms with van der Waals surface area (Å²) in [5.74, 6) is 0.425. The molecule has 1 aromatic carbocycles. The van der Waals surface area contributed by atoms with Crippen molar-refractivity contribution in [1.29, 1.82) is 0 Å². The van der Waals surface area contributed by atoms with E-state index < -0.39 is 0 Å². The van der Waals surface area contributed by atoms with Crippen molar-refractivity contribution in [2.45, 2.75) is 46.6 Å². The molecule has 1 aliphatic heterocycles. The number of carbonyl (C=O) groups is 2. The molecule has 0 bridgehead atoms. The normalized spacial score (nSPS) is 17.2. The smallest absolute Gasteiger partial charge is 0.253 e. The number of carbonyl (C=O) groups excluding carboxylic acids is 2. The van der Waals surface area contributed by atoms with Gasteiger partial charge in [-0.2, -0.15) is 0 Å². The van der Waals surface area contributed by atoms with Gasteiger partial charge in [-0.15, -0.1) is 0 Å². The molecule has 1 heterocycles. The van der Waals surface area contributed by atoms with Crippen LogP contribution in [0.3, 0.4) is 0 Å². The van der Waals surface area contributed by atoms with Crippen LogP contribution in [0.5, 0.6) is 0 Å². The highest BCUT2D eigenvalue weighted by molar-refractivity contribution is 5.97. The molecule has 25 heavy (non-hydrogen) atoms. The molecule has 138 valence electrons. The van der Waals surface area contributed by atoms with Gasteiger partial charge < -0.3 is 16.0 Å². The Morgan fingerprint density at radius 2 is 1.68 bits per heavy atom. The van der Waals surface area contributed by atoms with Gasteiger partial charge in [0, 0.05) is 36.8 Å². The van der Waals surface area contributed by atoms with Gasteiger partial charge in [0.25, 0.3) is 11.8 Å². The van der Waals surface area contributed by atoms with Crippen LogP contribution >= 0.6 is 0 Å². The van der Waals surface area contributed by atoms with Crippen molar-refractivity contribution >= 4 is 11.8 Å². The Labute approximate surface area is 151 Å². The third kappa shape index (κ3) is 5.56. The minimum atomic E-state index is -0.105. The molecule has 1 aromatic rings. The minimum Gasteiger partial charge on any atom is -0.352 e. The summed E-state index contributed by atoms with van der Waals surface area (Å²) in [6, 6.07) is 7.11. The molecule has 1 saturated heterocycles. The molecule has 1 aliphatic rings. The van der Waals surface area contributed by atoms with Crippen molar-refractivity contribution in [1.82, 2.24) is 10.2 Å². The van der Waals surface area contributed by atoms with Crippen LogP contribution in [0.25, 0.3) is 0 Å². The van der Waals surface area contributed by atoms with Crippen molar-refractivity contribution in [3.63, 3.8) is 0 Å². The fourth-order valence-electron chi connectivity index (χ4n) is 3.02. The third-order valence-corrected chi connectivity index (χ3v) is 4.74. The Morgan fingerprint density at radius 1 is 1.16 bits per heavy atom. The van der Waals surface area contributed by atoms with Crippen LogP contribution in [0.15, 0.2) is 24.3 Å². The van der Waals surface area contributed by atoms with Crippen LogP contribution in [-0.4, -0.2) is 42.4 Å². The van der Waals surface area contributed by atoms with Gasteiger partial charge in [-0.1, -0.05) is 20.8 Å². The lowest BCUT2D eigenvalue weighted by atomic mass is 9.90. The van der Waals surface area contributed by atoms with Crippen molar-refractivity contribution in [2.75, 3.05) is 19.6 Å². The second-order valence-corrected chi connectivity index (χ2v) is 8.31. The number of likely N-dealkylation sites (tertiary alicyclic amines) is 1. The largest absolute Gasteiger partial charge is 0.352 e. The van der Waals surface area contributed by atoms with E-state index in [2.05, 4.69) is 26.1 Å². The monoisotopic (exact) mass is 345 g/mol. The number of hydrogen-bond donors (Lipinski definition) is 2. The Kier molecular flexibility index (Phi) is 6.22. The third-order valence-electron chi connectivity index (χ3n) is 4.74. The zero-order chi connectivity index (χ0) is 18.6. The second-order valence-electron chi connectivity index (χ2n) is 8.31. The molecule has 2 amide bonds. The summed E-state index contributed by atoms with van der Waals surface area (Å²) in [5.41, 5.74) is 7.21. The lowest BCUT2D eigenvalue weighted by Gasteiger charge is -2.33. The van der Waals surface area contributed by atoms with Crippen molar-refractivity contribution in [3.05, 3.63) is 35.4 Å². The summed E-state index contributed by atoms with van der Waals surface area (Å²) in [4.78, 5) is 26.6. The van der Waals surface area contributed by atoms with E-state index in [0.717, 1.165) is 25.9 Å². The molecule has 1 fully saturated rings. The van der Waals surface area contributed by atoms with E-state index in [9.17, 15) is 9.59 Å². The Hall–Kier alpha value is -1.88. The average Bonchev–Trinajstić information content (AvgIpc) is 2.58. The first-order valence-corrected chi connectivity index (χ1v) is 9.10. The zero-order valence-corrected chi connectivity index (χ0v) is 15.8. The van der Waals surface area contributed by atoms with Crippen LogP contribution in [-0.2, 0) is 0 Å². The van der Waals surface area contributed by atoms with Crippen LogP contribution in [0.2, 0.25) is 0 Å². The molecule has 0 saturated carbocycles. The fraction of sp³-hybridized carbons (Fsp3) is 0.600. The first-order chi connectivity index (χ1) is 11.7. The predicted molar refractivity (Wildman–Crippen MR) is 101 cm³/mol. The molecule has 0 spiro atoms. The molecule has 1 unspecified atom stereocenters. The molecular formula is C20H31N3O2. The van der Waals surface area contributed by atoms with E-state index in [1.807, 2.05) is 11.8 Å². The highest BCUT2D eigenvalue weighted by Gasteiger charge is 2.25. The Balaban J connectivity index is 1.93. The van der Waals surface area contributed by atoms with Gasteiger partial charge >= 0.3 is 0 Å². The predicted octanol–water partition coefficient (Wildman–Crippen LogP) is 2.66. The first-order valence-electron chi connectivity index (χ1n) is 9.10. The number of piperidine rings is 1. The SMILES string of the molecule is CC(N)C1CCN(C(=O)c2ccc(C(=O)NCC(C)(C)C)cc2)CC1. The topological polar surface area (TPSA) is 75.4 Å².